The normalized spacial score (nSPS) is 15.3. The Bertz CT molecular complexity index is 1280. The Morgan fingerprint density at radius 1 is 1.15 bits per heavy atom. The zero-order valence-electron chi connectivity index (χ0n) is 18.2. The first kappa shape index (κ1) is 23.2. The molecule has 4 rings (SSSR count). The van der Waals surface area contributed by atoms with E-state index in [9.17, 15) is 13.2 Å². The lowest BCUT2D eigenvalue weighted by molar-refractivity contribution is -0.121. The lowest BCUT2D eigenvalue weighted by atomic mass is 10.00. The molecule has 1 saturated heterocycles. The first-order chi connectivity index (χ1) is 15.7. The summed E-state index contributed by atoms with van der Waals surface area (Å²) >= 11 is 1.57. The van der Waals surface area contributed by atoms with Crippen LogP contribution in [-0.2, 0) is 14.6 Å². The summed E-state index contributed by atoms with van der Waals surface area (Å²) in [6.45, 7) is 1.75. The summed E-state index contributed by atoms with van der Waals surface area (Å²) in [7, 11) is -3.40. The predicted octanol–water partition coefficient (Wildman–Crippen LogP) is 3.93. The number of carbonyl (C=O) groups is 1. The molecule has 0 spiro atoms. The van der Waals surface area contributed by atoms with Crippen molar-refractivity contribution >= 4 is 44.2 Å². The van der Waals surface area contributed by atoms with Gasteiger partial charge in [0.25, 0.3) is 0 Å². The number of benzene rings is 2. The van der Waals surface area contributed by atoms with Gasteiger partial charge in [-0.2, -0.15) is 11.3 Å². The van der Waals surface area contributed by atoms with Crippen LogP contribution in [0.5, 0.6) is 0 Å². The molecular formula is C24H26N4O3S2. The maximum atomic E-state index is 13.3. The first-order valence-corrected chi connectivity index (χ1v) is 13.4. The standard InChI is InChI=1S/C24H26N4O3S2/c1-33(30,31)19-6-4-5-16(13-19)22(26)20-14-18(7-8-21(20)25)27-24(29)23(17-9-12-32-15-17)28-10-2-3-11-28/h4-9,12-15,23,26H,2-3,10-11,25H2,1H3,(H,27,29)/t23-/m0/s1. The van der Waals surface area contributed by atoms with E-state index in [2.05, 4.69) is 10.2 Å². The van der Waals surface area contributed by atoms with E-state index >= 15 is 0 Å². The van der Waals surface area contributed by atoms with Crippen molar-refractivity contribution in [2.45, 2.75) is 23.8 Å². The van der Waals surface area contributed by atoms with E-state index in [0.717, 1.165) is 37.8 Å². The van der Waals surface area contributed by atoms with E-state index in [0.29, 0.717) is 22.5 Å². The van der Waals surface area contributed by atoms with E-state index in [1.807, 2.05) is 16.8 Å². The second-order valence-corrected chi connectivity index (χ2v) is 11.0. The van der Waals surface area contributed by atoms with Crippen molar-refractivity contribution < 1.29 is 13.2 Å². The predicted molar refractivity (Wildman–Crippen MR) is 133 cm³/mol. The Morgan fingerprint density at radius 2 is 1.91 bits per heavy atom. The molecule has 1 amide bonds. The molecule has 3 aromatic rings. The van der Waals surface area contributed by atoms with Gasteiger partial charge in [-0.3, -0.25) is 15.1 Å². The molecule has 9 heteroatoms. The van der Waals surface area contributed by atoms with Gasteiger partial charge >= 0.3 is 0 Å². The summed E-state index contributed by atoms with van der Waals surface area (Å²) in [6.07, 6.45) is 3.28. The van der Waals surface area contributed by atoms with Crippen LogP contribution in [0.15, 0.2) is 64.2 Å². The number of nitrogens with one attached hydrogen (secondary N) is 2. The molecule has 0 bridgehead atoms. The highest BCUT2D eigenvalue weighted by Gasteiger charge is 2.30. The van der Waals surface area contributed by atoms with Crippen molar-refractivity contribution in [3.05, 3.63) is 76.0 Å². The molecule has 172 valence electrons. The Balaban J connectivity index is 1.61. The topological polar surface area (TPSA) is 116 Å². The molecule has 1 aliphatic heterocycles. The van der Waals surface area contributed by atoms with Crippen LogP contribution in [0.4, 0.5) is 11.4 Å². The second kappa shape index (κ2) is 9.46. The fourth-order valence-corrected chi connectivity index (χ4v) is 5.40. The van der Waals surface area contributed by atoms with Crippen LogP contribution in [0.25, 0.3) is 0 Å². The molecule has 0 saturated carbocycles. The summed E-state index contributed by atoms with van der Waals surface area (Å²) in [5.74, 6) is -0.128. The Morgan fingerprint density at radius 3 is 2.58 bits per heavy atom. The molecule has 1 aliphatic rings. The van der Waals surface area contributed by atoms with E-state index in [-0.39, 0.29) is 22.6 Å². The van der Waals surface area contributed by atoms with Gasteiger partial charge in [0.1, 0.15) is 6.04 Å². The fraction of sp³-hybridized carbons (Fsp3) is 0.250. The highest BCUT2D eigenvalue weighted by atomic mass is 32.2. The second-order valence-electron chi connectivity index (χ2n) is 8.17. The third kappa shape index (κ3) is 5.16. The molecule has 1 fully saturated rings. The van der Waals surface area contributed by atoms with Crippen LogP contribution < -0.4 is 11.1 Å². The number of hydrogen-bond donors (Lipinski definition) is 3. The van der Waals surface area contributed by atoms with Crippen molar-refractivity contribution in [3.8, 4) is 0 Å². The van der Waals surface area contributed by atoms with Crippen LogP contribution in [0.1, 0.15) is 35.6 Å². The minimum Gasteiger partial charge on any atom is -0.398 e. The summed E-state index contributed by atoms with van der Waals surface area (Å²) in [5.41, 5.74) is 8.96. The number of sulfone groups is 1. The third-order valence-electron chi connectivity index (χ3n) is 5.75. The zero-order chi connectivity index (χ0) is 23.6. The molecule has 1 atom stereocenters. The minimum atomic E-state index is -3.40. The van der Waals surface area contributed by atoms with Crippen molar-refractivity contribution in [3.63, 3.8) is 0 Å². The van der Waals surface area contributed by atoms with Gasteiger partial charge in [-0.25, -0.2) is 8.42 Å². The van der Waals surface area contributed by atoms with E-state index in [1.165, 1.54) is 12.1 Å². The number of hydrogen-bond acceptors (Lipinski definition) is 7. The molecule has 1 aromatic heterocycles. The van der Waals surface area contributed by atoms with Crippen LogP contribution in [0.3, 0.4) is 0 Å². The molecule has 2 aromatic carbocycles. The number of nitrogen functional groups attached to an aromatic ring is 1. The molecule has 7 nitrogen and oxygen atoms in total. The van der Waals surface area contributed by atoms with Crippen LogP contribution >= 0.6 is 11.3 Å². The number of nitrogens with zero attached hydrogens (tertiary/aromatic N) is 1. The smallest absolute Gasteiger partial charge is 0.246 e. The van der Waals surface area contributed by atoms with Gasteiger partial charge in [-0.15, -0.1) is 0 Å². The average Bonchev–Trinajstić information content (AvgIpc) is 3.49. The number of likely N-dealkylation sites (tertiary alicyclic amines) is 1. The van der Waals surface area contributed by atoms with Gasteiger partial charge in [0, 0.05) is 28.8 Å². The number of carbonyl (C=O) groups excluding carboxylic acids is 1. The monoisotopic (exact) mass is 482 g/mol. The van der Waals surface area contributed by atoms with E-state index < -0.39 is 9.84 Å². The maximum absolute atomic E-state index is 13.3. The van der Waals surface area contributed by atoms with Crippen LogP contribution in [-0.4, -0.2) is 44.3 Å². The third-order valence-corrected chi connectivity index (χ3v) is 7.57. The van der Waals surface area contributed by atoms with Crippen molar-refractivity contribution in [1.29, 1.82) is 5.41 Å². The molecule has 2 heterocycles. The molecule has 33 heavy (non-hydrogen) atoms. The van der Waals surface area contributed by atoms with Gasteiger partial charge in [-0.05, 0) is 78.7 Å². The first-order valence-electron chi connectivity index (χ1n) is 10.6. The number of rotatable bonds is 7. The Labute approximate surface area is 197 Å². The van der Waals surface area contributed by atoms with Gasteiger partial charge in [-0.1, -0.05) is 12.1 Å². The van der Waals surface area contributed by atoms with E-state index in [1.54, 1.807) is 41.7 Å². The van der Waals surface area contributed by atoms with Crippen molar-refractivity contribution in [2.24, 2.45) is 0 Å². The van der Waals surface area contributed by atoms with Crippen molar-refractivity contribution in [1.82, 2.24) is 4.90 Å². The molecule has 4 N–H and O–H groups in total. The molecule has 0 radical (unpaired) electrons. The summed E-state index contributed by atoms with van der Waals surface area (Å²) in [4.78, 5) is 15.6. The summed E-state index contributed by atoms with van der Waals surface area (Å²) in [5, 5.41) is 15.6. The van der Waals surface area contributed by atoms with Crippen LogP contribution in [0, 0.1) is 5.41 Å². The van der Waals surface area contributed by atoms with Gasteiger partial charge in [0.05, 0.1) is 10.6 Å². The quantitative estimate of drug-likeness (QED) is 0.349. The number of thiophene rings is 1. The number of amides is 1. The maximum Gasteiger partial charge on any atom is 0.246 e. The lowest BCUT2D eigenvalue weighted by Crippen LogP contribution is -2.35. The van der Waals surface area contributed by atoms with E-state index in [4.69, 9.17) is 11.1 Å². The Kier molecular flexibility index (Phi) is 6.64. The largest absolute Gasteiger partial charge is 0.398 e. The van der Waals surface area contributed by atoms with Gasteiger partial charge in [0.2, 0.25) is 5.91 Å². The highest BCUT2D eigenvalue weighted by Crippen LogP contribution is 2.29. The summed E-state index contributed by atoms with van der Waals surface area (Å²) in [6, 6.07) is 12.9. The zero-order valence-corrected chi connectivity index (χ0v) is 19.9. The number of nitrogens with two attached hydrogens (primary N) is 1. The fourth-order valence-electron chi connectivity index (χ4n) is 4.06. The minimum absolute atomic E-state index is 0.0861. The lowest BCUT2D eigenvalue weighted by Gasteiger charge is -2.26. The average molecular weight is 483 g/mol. The Hall–Kier alpha value is -3.01. The number of anilines is 2. The van der Waals surface area contributed by atoms with Crippen LogP contribution in [0.2, 0.25) is 0 Å². The van der Waals surface area contributed by atoms with Crippen molar-refractivity contribution in [2.75, 3.05) is 30.4 Å². The summed E-state index contributed by atoms with van der Waals surface area (Å²) < 4.78 is 23.8. The van der Waals surface area contributed by atoms with Gasteiger partial charge < -0.3 is 11.1 Å². The molecular weight excluding hydrogens is 456 g/mol. The molecule has 0 aliphatic carbocycles. The van der Waals surface area contributed by atoms with Gasteiger partial charge in [0.15, 0.2) is 9.84 Å². The highest BCUT2D eigenvalue weighted by molar-refractivity contribution is 7.90. The molecule has 0 unspecified atom stereocenters. The SMILES string of the molecule is CS(=O)(=O)c1cccc(C(=N)c2cc(NC(=O)[C@H](c3ccsc3)N3CCCC3)ccc2N)c1.